The summed E-state index contributed by atoms with van der Waals surface area (Å²) >= 11 is 0. The van der Waals surface area contributed by atoms with Crippen LogP contribution in [0.25, 0.3) is 16.8 Å². The predicted octanol–water partition coefficient (Wildman–Crippen LogP) is 5.05. The standard InChI is InChI=1S/C38H47N3O8S/c1-6-25-20-38(25,36(45)40-50(46,47)27-11-12-27)21-32(42)31-18-26-22-41(31)35(44)30(37(3,4)5)19-33(43)48-15-9-7-8-10-24-16-23(2)28-13-14-39-34(49-26)29(28)17-24/h6,8,10,13-14,16-17,25-27,30-31H,1,7,9,11-12,15,18-22H2,2-5H3,(H,40,45)/t25-,26-,30-,31+,38-/m1/s1. The third kappa shape index (κ3) is 7.36. The Labute approximate surface area is 293 Å². The maximum Gasteiger partial charge on any atom is 0.306 e. The Kier molecular flexibility index (Phi) is 9.71. The Morgan fingerprint density at radius 2 is 1.94 bits per heavy atom. The third-order valence-electron chi connectivity index (χ3n) is 10.6. The number of nitrogens with zero attached hydrogens (tertiary/aromatic N) is 2. The highest BCUT2D eigenvalue weighted by Crippen LogP contribution is 2.57. The van der Waals surface area contributed by atoms with E-state index in [1.807, 2.05) is 52.0 Å². The Bertz CT molecular complexity index is 1860. The molecular weight excluding hydrogens is 658 g/mol. The van der Waals surface area contributed by atoms with Crippen LogP contribution in [0.3, 0.4) is 0 Å². The van der Waals surface area contributed by atoms with Gasteiger partial charge in [-0.1, -0.05) is 45.1 Å². The monoisotopic (exact) mass is 705 g/mol. The number of aromatic nitrogens is 1. The van der Waals surface area contributed by atoms with Gasteiger partial charge in [-0.25, -0.2) is 13.4 Å². The lowest BCUT2D eigenvalue weighted by Gasteiger charge is -2.34. The van der Waals surface area contributed by atoms with Gasteiger partial charge in [-0.2, -0.15) is 0 Å². The summed E-state index contributed by atoms with van der Waals surface area (Å²) < 4.78 is 39.7. The molecule has 11 nitrogen and oxygen atoms in total. The van der Waals surface area contributed by atoms with E-state index in [4.69, 9.17) is 9.47 Å². The lowest BCUT2D eigenvalue weighted by Crippen LogP contribution is -2.48. The zero-order valence-corrected chi connectivity index (χ0v) is 30.1. The van der Waals surface area contributed by atoms with Crippen molar-refractivity contribution in [3.05, 3.63) is 54.3 Å². The van der Waals surface area contributed by atoms with Crippen molar-refractivity contribution >= 4 is 50.4 Å². The van der Waals surface area contributed by atoms with Crippen molar-refractivity contribution in [2.24, 2.45) is 22.7 Å². The van der Waals surface area contributed by atoms with E-state index in [0.29, 0.717) is 31.6 Å². The van der Waals surface area contributed by atoms with Gasteiger partial charge in [0.15, 0.2) is 5.78 Å². The largest absolute Gasteiger partial charge is 0.472 e. The number of hydrogen-bond donors (Lipinski definition) is 1. The van der Waals surface area contributed by atoms with E-state index in [9.17, 15) is 27.6 Å². The van der Waals surface area contributed by atoms with Gasteiger partial charge in [-0.15, -0.1) is 6.58 Å². The number of nitrogens with one attached hydrogen (secondary N) is 1. The van der Waals surface area contributed by atoms with E-state index in [1.165, 1.54) is 4.90 Å². The topological polar surface area (TPSA) is 149 Å². The summed E-state index contributed by atoms with van der Waals surface area (Å²) in [6.07, 6.45) is 8.98. The molecule has 2 aliphatic carbocycles. The van der Waals surface area contributed by atoms with Crippen molar-refractivity contribution < 1.29 is 37.1 Å². The van der Waals surface area contributed by atoms with Crippen molar-refractivity contribution in [3.8, 4) is 5.88 Å². The van der Waals surface area contributed by atoms with Gasteiger partial charge in [-0.05, 0) is 79.0 Å². The second-order valence-electron chi connectivity index (χ2n) is 15.4. The third-order valence-corrected chi connectivity index (χ3v) is 12.4. The molecule has 2 aromatic rings. The Balaban J connectivity index is 1.35. The average Bonchev–Trinajstić information content (AvgIpc) is 3.97. The van der Waals surface area contributed by atoms with Crippen LogP contribution in [0.1, 0.15) is 83.3 Å². The zero-order valence-electron chi connectivity index (χ0n) is 29.3. The summed E-state index contributed by atoms with van der Waals surface area (Å²) in [6.45, 7) is 11.7. The molecule has 1 aromatic carbocycles. The number of ether oxygens (including phenoxy) is 2. The first-order chi connectivity index (χ1) is 23.6. The first-order valence-corrected chi connectivity index (χ1v) is 19.1. The van der Waals surface area contributed by atoms with Crippen LogP contribution in [-0.4, -0.2) is 72.4 Å². The van der Waals surface area contributed by atoms with Gasteiger partial charge in [0.25, 0.3) is 0 Å². The summed E-state index contributed by atoms with van der Waals surface area (Å²) in [6, 6.07) is 5.03. The van der Waals surface area contributed by atoms with Gasteiger partial charge >= 0.3 is 5.97 Å². The maximum atomic E-state index is 14.5. The SMILES string of the molecule is C=C[C@@H]1C[C@]1(CC(=O)[C@@H]1C[C@@H]2CN1C(=O)[C@H](C(C)(C)C)CC(=O)OCCCC=Cc1cc(C)c3ccnc(c3c1)O2)C(=O)NS(=O)(=O)C1CC1. The van der Waals surface area contributed by atoms with Crippen molar-refractivity contribution in [2.45, 2.75) is 96.5 Å². The first kappa shape index (κ1) is 35.8. The maximum absolute atomic E-state index is 14.5. The molecular formula is C38H47N3O8S. The molecule has 2 saturated carbocycles. The minimum atomic E-state index is -3.84. The molecule has 2 amide bonds. The number of benzene rings is 1. The summed E-state index contributed by atoms with van der Waals surface area (Å²) in [5, 5.41) is 1.18. The van der Waals surface area contributed by atoms with E-state index >= 15 is 0 Å². The fourth-order valence-electron chi connectivity index (χ4n) is 7.36. The second-order valence-corrected chi connectivity index (χ2v) is 17.4. The number of cyclic esters (lactones) is 1. The molecule has 1 aromatic heterocycles. The number of sulfonamides is 1. The van der Waals surface area contributed by atoms with Gasteiger partial charge in [-0.3, -0.25) is 23.9 Å². The van der Waals surface area contributed by atoms with E-state index < -0.39 is 56.0 Å². The number of Topliss-reactive ketones (excluding diaryl/α,β-unsaturated/α-hetero) is 1. The van der Waals surface area contributed by atoms with Gasteiger partial charge < -0.3 is 14.4 Å². The molecule has 3 fully saturated rings. The highest BCUT2D eigenvalue weighted by Gasteiger charge is 2.61. The van der Waals surface area contributed by atoms with Gasteiger partial charge in [0.2, 0.25) is 27.7 Å². The number of carbonyl (C=O) groups is 4. The van der Waals surface area contributed by atoms with Crippen LogP contribution in [-0.2, 0) is 33.9 Å². The molecule has 4 aliphatic rings. The molecule has 6 rings (SSSR count). The summed E-state index contributed by atoms with van der Waals surface area (Å²) in [7, 11) is -3.84. The lowest BCUT2D eigenvalue weighted by molar-refractivity contribution is -0.153. The Morgan fingerprint density at radius 1 is 1.18 bits per heavy atom. The number of fused-ring (bicyclic) bond motifs is 3. The number of carbonyl (C=O) groups excluding carboxylic acids is 4. The van der Waals surface area contributed by atoms with Crippen molar-refractivity contribution in [3.63, 3.8) is 0 Å². The number of esters is 1. The highest BCUT2D eigenvalue weighted by atomic mass is 32.2. The summed E-state index contributed by atoms with van der Waals surface area (Å²) in [4.78, 5) is 61.5. The first-order valence-electron chi connectivity index (χ1n) is 17.5. The number of aryl methyl sites for hydroxylation is 1. The molecule has 4 bridgehead atoms. The predicted molar refractivity (Wildman–Crippen MR) is 188 cm³/mol. The molecule has 0 unspecified atom stereocenters. The average molecular weight is 706 g/mol. The van der Waals surface area contributed by atoms with Crippen molar-refractivity contribution in [1.82, 2.24) is 14.6 Å². The van der Waals surface area contributed by atoms with Crippen LogP contribution >= 0.6 is 0 Å². The van der Waals surface area contributed by atoms with Gasteiger partial charge in [0.1, 0.15) is 6.10 Å². The summed E-state index contributed by atoms with van der Waals surface area (Å²) in [5.74, 6) is -2.74. The van der Waals surface area contributed by atoms with Crippen molar-refractivity contribution in [2.75, 3.05) is 13.2 Å². The number of ketones is 1. The fraction of sp³-hybridized carbons (Fsp3) is 0.553. The molecule has 3 heterocycles. The van der Waals surface area contributed by atoms with Gasteiger partial charge in [0, 0.05) is 24.4 Å². The number of hydrogen-bond acceptors (Lipinski definition) is 9. The molecule has 5 atom stereocenters. The minimum absolute atomic E-state index is 0.0631. The van der Waals surface area contributed by atoms with Crippen LogP contribution in [0, 0.1) is 29.6 Å². The zero-order chi connectivity index (χ0) is 36.0. The Hall–Kier alpha value is -4.06. The fourth-order valence-corrected chi connectivity index (χ4v) is 8.74. The van der Waals surface area contributed by atoms with E-state index in [1.54, 1.807) is 12.3 Å². The van der Waals surface area contributed by atoms with Crippen LogP contribution in [0.2, 0.25) is 0 Å². The van der Waals surface area contributed by atoms with Gasteiger partial charge in [0.05, 0.1) is 42.2 Å². The lowest BCUT2D eigenvalue weighted by atomic mass is 9.77. The van der Waals surface area contributed by atoms with Crippen LogP contribution < -0.4 is 9.46 Å². The number of allylic oxidation sites excluding steroid dienone is 2. The van der Waals surface area contributed by atoms with E-state index in [2.05, 4.69) is 22.4 Å². The molecule has 0 spiro atoms. The van der Waals surface area contributed by atoms with Crippen molar-refractivity contribution in [1.29, 1.82) is 0 Å². The Morgan fingerprint density at radius 3 is 2.62 bits per heavy atom. The minimum Gasteiger partial charge on any atom is -0.472 e. The summed E-state index contributed by atoms with van der Waals surface area (Å²) in [5.41, 5.74) is 0.0753. The number of amides is 2. The normalized spacial score (nSPS) is 27.6. The van der Waals surface area contributed by atoms with Crippen LogP contribution in [0.5, 0.6) is 5.88 Å². The molecule has 1 saturated heterocycles. The molecule has 0 radical (unpaired) electrons. The van der Waals surface area contributed by atoms with Crippen LogP contribution in [0.4, 0.5) is 0 Å². The number of rotatable bonds is 7. The second kappa shape index (κ2) is 13.6. The molecule has 1 N–H and O–H groups in total. The molecule has 2 aliphatic heterocycles. The smallest absolute Gasteiger partial charge is 0.306 e. The molecule has 12 heteroatoms. The number of pyridine rings is 1. The molecule has 268 valence electrons. The molecule has 50 heavy (non-hydrogen) atoms. The quantitative estimate of drug-likeness (QED) is 0.309. The van der Waals surface area contributed by atoms with E-state index in [-0.39, 0.29) is 56.4 Å². The highest BCUT2D eigenvalue weighted by molar-refractivity contribution is 7.90. The van der Waals surface area contributed by atoms with Crippen LogP contribution in [0.15, 0.2) is 43.1 Å². The van der Waals surface area contributed by atoms with E-state index in [0.717, 1.165) is 21.9 Å².